The molecule has 0 aliphatic carbocycles. The van der Waals surface area contributed by atoms with Crippen LogP contribution >= 0.6 is 11.6 Å². The Balaban J connectivity index is 2.42. The fourth-order valence-electron chi connectivity index (χ4n) is 1.62. The van der Waals surface area contributed by atoms with Crippen molar-refractivity contribution >= 4 is 27.3 Å². The Hall–Kier alpha value is -1.73. The predicted molar refractivity (Wildman–Crippen MR) is 71.9 cm³/mol. The number of phenols is 1. The monoisotopic (exact) mass is 301 g/mol. The van der Waals surface area contributed by atoms with Gasteiger partial charge in [-0.05, 0) is 24.6 Å². The highest BCUT2D eigenvalue weighted by Gasteiger charge is 2.23. The minimum absolute atomic E-state index is 0.0154. The molecule has 2 N–H and O–H groups in total. The standard InChI is InChI=1S/C11H12ClN3O3S/c1-7-3-4-9(10(16)5-7)14-19(17,18)11-8(12)6-13-15(11)2/h3-6,14,16H,1-2H3. The van der Waals surface area contributed by atoms with Crippen LogP contribution in [0.15, 0.2) is 29.4 Å². The summed E-state index contributed by atoms with van der Waals surface area (Å²) in [5.74, 6) is -0.151. The lowest BCUT2D eigenvalue weighted by Crippen LogP contribution is -2.17. The molecule has 0 aliphatic heterocycles. The van der Waals surface area contributed by atoms with E-state index in [2.05, 4.69) is 9.82 Å². The smallest absolute Gasteiger partial charge is 0.280 e. The van der Waals surface area contributed by atoms with E-state index in [1.165, 1.54) is 25.4 Å². The maximum Gasteiger partial charge on any atom is 0.280 e. The van der Waals surface area contributed by atoms with Gasteiger partial charge in [0, 0.05) is 7.05 Å². The lowest BCUT2D eigenvalue weighted by molar-refractivity contribution is 0.477. The molecule has 0 saturated heterocycles. The number of hydrogen-bond donors (Lipinski definition) is 2. The molecule has 2 rings (SSSR count). The van der Waals surface area contributed by atoms with Crippen LogP contribution in [0.5, 0.6) is 5.75 Å². The van der Waals surface area contributed by atoms with E-state index in [9.17, 15) is 13.5 Å². The fraction of sp³-hybridized carbons (Fsp3) is 0.182. The van der Waals surface area contributed by atoms with Crippen molar-refractivity contribution in [1.29, 1.82) is 0 Å². The molecule has 0 amide bonds. The summed E-state index contributed by atoms with van der Waals surface area (Å²) in [6.45, 7) is 1.79. The Morgan fingerprint density at radius 3 is 2.63 bits per heavy atom. The van der Waals surface area contributed by atoms with Crippen molar-refractivity contribution < 1.29 is 13.5 Å². The van der Waals surface area contributed by atoms with Gasteiger partial charge < -0.3 is 5.11 Å². The Kier molecular flexibility index (Phi) is 3.42. The Morgan fingerprint density at radius 2 is 2.11 bits per heavy atom. The van der Waals surface area contributed by atoms with Gasteiger partial charge in [-0.3, -0.25) is 9.40 Å². The average Bonchev–Trinajstić information content (AvgIpc) is 2.63. The fourth-order valence-corrected chi connectivity index (χ4v) is 3.36. The number of nitrogens with one attached hydrogen (secondary N) is 1. The predicted octanol–water partition coefficient (Wildman–Crippen LogP) is 1.89. The summed E-state index contributed by atoms with van der Waals surface area (Å²) in [5, 5.41) is 13.3. The van der Waals surface area contributed by atoms with Gasteiger partial charge in [0.05, 0.1) is 16.9 Å². The Labute approximate surface area is 115 Å². The second-order valence-electron chi connectivity index (χ2n) is 4.05. The third-order valence-electron chi connectivity index (χ3n) is 2.49. The summed E-state index contributed by atoms with van der Waals surface area (Å²) in [4.78, 5) is 0. The topological polar surface area (TPSA) is 84.2 Å². The maximum absolute atomic E-state index is 12.2. The first-order valence-electron chi connectivity index (χ1n) is 5.31. The van der Waals surface area contributed by atoms with E-state index in [1.54, 1.807) is 13.0 Å². The zero-order valence-corrected chi connectivity index (χ0v) is 11.8. The molecular formula is C11H12ClN3O3S. The molecule has 0 aliphatic rings. The van der Waals surface area contributed by atoms with Crippen LogP contribution in [0, 0.1) is 6.92 Å². The van der Waals surface area contributed by atoms with Crippen LogP contribution in [0.4, 0.5) is 5.69 Å². The molecule has 8 heteroatoms. The first-order chi connectivity index (χ1) is 8.81. The van der Waals surface area contributed by atoms with Crippen LogP contribution in [0.2, 0.25) is 5.02 Å². The third kappa shape index (κ3) is 2.66. The average molecular weight is 302 g/mol. The number of aromatic hydroxyl groups is 1. The van der Waals surface area contributed by atoms with Crippen molar-refractivity contribution in [3.63, 3.8) is 0 Å². The highest BCUT2D eigenvalue weighted by Crippen LogP contribution is 2.28. The lowest BCUT2D eigenvalue weighted by atomic mass is 10.2. The van der Waals surface area contributed by atoms with Gasteiger partial charge in [-0.25, -0.2) is 0 Å². The van der Waals surface area contributed by atoms with Crippen molar-refractivity contribution in [3.8, 4) is 5.75 Å². The number of nitrogens with zero attached hydrogens (tertiary/aromatic N) is 2. The maximum atomic E-state index is 12.2. The van der Waals surface area contributed by atoms with Gasteiger partial charge in [-0.15, -0.1) is 0 Å². The van der Waals surface area contributed by atoms with Gasteiger partial charge >= 0.3 is 0 Å². The lowest BCUT2D eigenvalue weighted by Gasteiger charge is -2.10. The van der Waals surface area contributed by atoms with Crippen LogP contribution in [0.1, 0.15) is 5.56 Å². The number of aryl methyl sites for hydroxylation is 2. The third-order valence-corrected chi connectivity index (χ3v) is 4.37. The van der Waals surface area contributed by atoms with Crippen molar-refractivity contribution in [2.24, 2.45) is 7.05 Å². The summed E-state index contributed by atoms with van der Waals surface area (Å²) >= 11 is 5.80. The van der Waals surface area contributed by atoms with Crippen molar-refractivity contribution in [3.05, 3.63) is 35.0 Å². The highest BCUT2D eigenvalue weighted by molar-refractivity contribution is 7.92. The first kappa shape index (κ1) is 13.7. The summed E-state index contributed by atoms with van der Waals surface area (Å²) in [6.07, 6.45) is 1.24. The van der Waals surface area contributed by atoms with Crippen molar-refractivity contribution in [2.45, 2.75) is 11.9 Å². The molecule has 0 radical (unpaired) electrons. The molecule has 2 aromatic rings. The molecule has 0 bridgehead atoms. The van der Waals surface area contributed by atoms with E-state index in [0.29, 0.717) is 0 Å². The molecule has 0 unspecified atom stereocenters. The Bertz CT molecular complexity index is 705. The van der Waals surface area contributed by atoms with Crippen LogP contribution in [0.25, 0.3) is 0 Å². The Morgan fingerprint density at radius 1 is 1.42 bits per heavy atom. The van der Waals surface area contributed by atoms with Gasteiger partial charge in [-0.1, -0.05) is 17.7 Å². The zero-order chi connectivity index (χ0) is 14.2. The molecule has 0 atom stereocenters. The minimum atomic E-state index is -3.91. The second kappa shape index (κ2) is 4.75. The molecular weight excluding hydrogens is 290 g/mol. The first-order valence-corrected chi connectivity index (χ1v) is 7.17. The van der Waals surface area contributed by atoms with E-state index in [4.69, 9.17) is 11.6 Å². The molecule has 19 heavy (non-hydrogen) atoms. The minimum Gasteiger partial charge on any atom is -0.506 e. The molecule has 0 saturated carbocycles. The van der Waals surface area contributed by atoms with Gasteiger partial charge in [0.25, 0.3) is 10.0 Å². The largest absolute Gasteiger partial charge is 0.506 e. The molecule has 1 aromatic carbocycles. The summed E-state index contributed by atoms with van der Waals surface area (Å²) in [7, 11) is -2.44. The quantitative estimate of drug-likeness (QED) is 0.848. The van der Waals surface area contributed by atoms with Crippen LogP contribution in [-0.4, -0.2) is 23.3 Å². The number of benzene rings is 1. The number of rotatable bonds is 3. The van der Waals surface area contributed by atoms with E-state index in [-0.39, 0.29) is 21.5 Å². The van der Waals surface area contributed by atoms with E-state index in [1.807, 2.05) is 0 Å². The van der Waals surface area contributed by atoms with Gasteiger partial charge in [-0.2, -0.15) is 13.5 Å². The molecule has 0 spiro atoms. The van der Waals surface area contributed by atoms with E-state index < -0.39 is 10.0 Å². The van der Waals surface area contributed by atoms with Crippen LogP contribution in [0.3, 0.4) is 0 Å². The van der Waals surface area contributed by atoms with Crippen molar-refractivity contribution in [2.75, 3.05) is 4.72 Å². The molecule has 1 aromatic heterocycles. The summed E-state index contributed by atoms with van der Waals surface area (Å²) < 4.78 is 27.8. The molecule has 6 nitrogen and oxygen atoms in total. The van der Waals surface area contributed by atoms with Crippen LogP contribution in [-0.2, 0) is 17.1 Å². The second-order valence-corrected chi connectivity index (χ2v) is 6.05. The highest BCUT2D eigenvalue weighted by atomic mass is 35.5. The molecule has 1 heterocycles. The number of hydrogen-bond acceptors (Lipinski definition) is 4. The number of halogens is 1. The number of phenolic OH excluding ortho intramolecular Hbond substituents is 1. The summed E-state index contributed by atoms with van der Waals surface area (Å²) in [6, 6.07) is 4.62. The zero-order valence-electron chi connectivity index (χ0n) is 10.3. The number of anilines is 1. The van der Waals surface area contributed by atoms with Crippen LogP contribution < -0.4 is 4.72 Å². The number of aromatic nitrogens is 2. The summed E-state index contributed by atoms with van der Waals surface area (Å²) in [5.41, 5.74) is 0.905. The van der Waals surface area contributed by atoms with Crippen molar-refractivity contribution in [1.82, 2.24) is 9.78 Å². The number of sulfonamides is 1. The SMILES string of the molecule is Cc1ccc(NS(=O)(=O)c2c(Cl)cnn2C)c(O)c1. The van der Waals surface area contributed by atoms with Gasteiger partial charge in [0.1, 0.15) is 5.75 Å². The van der Waals surface area contributed by atoms with E-state index >= 15 is 0 Å². The normalized spacial score (nSPS) is 11.5. The van der Waals surface area contributed by atoms with Gasteiger partial charge in [0.15, 0.2) is 5.03 Å². The molecule has 0 fully saturated rings. The van der Waals surface area contributed by atoms with E-state index in [0.717, 1.165) is 10.2 Å². The van der Waals surface area contributed by atoms with Gasteiger partial charge in [0.2, 0.25) is 0 Å². The molecule has 102 valence electrons.